The number of phenolic OH excluding ortho intramolecular Hbond substituents is 1. The molecule has 4 amide bonds. The zero-order chi connectivity index (χ0) is 35.5. The predicted octanol–water partition coefficient (Wildman–Crippen LogP) is 7.40. The van der Waals surface area contributed by atoms with Gasteiger partial charge in [0.25, 0.3) is 0 Å². The van der Waals surface area contributed by atoms with Gasteiger partial charge in [-0.3, -0.25) is 28.8 Å². The standard InChI is InChI=1S/C40H33ClN4O5S/c1-20-27-17-22(41)12-15-31(27)51-35(20)30-19-32(43(3)42-30)45-37(48)29-18-28-25(34(40(29,2)39(45)50)21-8-7-11-24(46)16-21)13-14-26-33(28)38(49)44(36(26)47)23-9-5-4-6-10-23/h4-13,15-17,19,26,28-29,33-34,46H,14,18H2,1-3H3. The molecule has 51 heavy (non-hydrogen) atoms. The normalized spacial score (nSPS) is 27.2. The molecule has 6 unspecified atom stereocenters. The summed E-state index contributed by atoms with van der Waals surface area (Å²) in [6.45, 7) is 3.85. The molecular formula is C40H33ClN4O5S. The number of fused-ring (bicyclic) bond motifs is 5. The number of allylic oxidation sites excluding steroid dienone is 2. The summed E-state index contributed by atoms with van der Waals surface area (Å²) >= 11 is 7.88. The summed E-state index contributed by atoms with van der Waals surface area (Å²) in [6.07, 6.45) is 2.60. The largest absolute Gasteiger partial charge is 0.508 e. The number of thiophene rings is 1. The summed E-state index contributed by atoms with van der Waals surface area (Å²) in [5.41, 5.74) is 2.49. The highest BCUT2D eigenvalue weighted by Crippen LogP contribution is 2.64. The van der Waals surface area contributed by atoms with Crippen molar-refractivity contribution in [3.05, 3.63) is 107 Å². The summed E-state index contributed by atoms with van der Waals surface area (Å²) < 4.78 is 2.63. The number of rotatable bonds is 4. The SMILES string of the molecule is Cc1c(-c2cc(N3C(=O)C4CC5C(=CCC6C(=O)N(c7ccccc7)C(=O)C65)C(c5cccc(O)c5)C4(C)C3=O)n(C)n2)sc2ccc(Cl)cc12. The molecule has 0 bridgehead atoms. The van der Waals surface area contributed by atoms with Gasteiger partial charge in [0.1, 0.15) is 17.3 Å². The van der Waals surface area contributed by atoms with Gasteiger partial charge >= 0.3 is 0 Å². The number of carbonyl (C=O) groups is 4. The molecule has 0 spiro atoms. The maximum absolute atomic E-state index is 15.0. The summed E-state index contributed by atoms with van der Waals surface area (Å²) in [5, 5.41) is 17.1. The first kappa shape index (κ1) is 31.9. The highest BCUT2D eigenvalue weighted by Gasteiger charge is 2.68. The van der Waals surface area contributed by atoms with Crippen molar-refractivity contribution < 1.29 is 24.3 Å². The van der Waals surface area contributed by atoms with Crippen LogP contribution in [0.3, 0.4) is 0 Å². The molecule has 3 aromatic carbocycles. The van der Waals surface area contributed by atoms with Gasteiger partial charge in [-0.05, 0) is 91.6 Å². The van der Waals surface area contributed by atoms with Crippen molar-refractivity contribution in [2.24, 2.45) is 36.1 Å². The van der Waals surface area contributed by atoms with Crippen molar-refractivity contribution in [3.63, 3.8) is 0 Å². The number of aryl methyl sites for hydroxylation is 2. The van der Waals surface area contributed by atoms with Gasteiger partial charge in [-0.2, -0.15) is 5.10 Å². The van der Waals surface area contributed by atoms with Crippen molar-refractivity contribution in [2.45, 2.75) is 32.6 Å². The molecule has 9 nitrogen and oxygen atoms in total. The molecule has 4 heterocycles. The van der Waals surface area contributed by atoms with Crippen LogP contribution in [0, 0.1) is 36.0 Å². The van der Waals surface area contributed by atoms with Crippen molar-refractivity contribution in [1.29, 1.82) is 0 Å². The van der Waals surface area contributed by atoms with Crippen LogP contribution in [0.5, 0.6) is 5.75 Å². The van der Waals surface area contributed by atoms with Gasteiger partial charge in [0.05, 0.1) is 33.7 Å². The molecule has 3 fully saturated rings. The molecule has 2 aliphatic heterocycles. The number of aromatic nitrogens is 2. The van der Waals surface area contributed by atoms with Gasteiger partial charge in [-0.1, -0.05) is 53.6 Å². The van der Waals surface area contributed by atoms with E-state index in [-0.39, 0.29) is 35.8 Å². The van der Waals surface area contributed by atoms with Crippen molar-refractivity contribution in [2.75, 3.05) is 9.80 Å². The molecule has 11 heteroatoms. The number of nitrogens with zero attached hydrogens (tertiary/aromatic N) is 4. The Morgan fingerprint density at radius 2 is 1.69 bits per heavy atom. The second-order valence-electron chi connectivity index (χ2n) is 14.3. The molecule has 2 aliphatic carbocycles. The van der Waals surface area contributed by atoms with E-state index in [2.05, 4.69) is 0 Å². The number of hydrogen-bond acceptors (Lipinski definition) is 7. The number of benzene rings is 3. The number of para-hydroxylation sites is 1. The fourth-order valence-electron chi connectivity index (χ4n) is 9.36. The molecule has 1 saturated carbocycles. The number of hydrogen-bond donors (Lipinski definition) is 1. The van der Waals surface area contributed by atoms with Crippen molar-refractivity contribution in [1.82, 2.24) is 9.78 Å². The molecule has 9 rings (SSSR count). The van der Waals surface area contributed by atoms with Crippen LogP contribution in [0.15, 0.2) is 90.5 Å². The molecule has 256 valence electrons. The van der Waals surface area contributed by atoms with Crippen molar-refractivity contribution >= 4 is 68.2 Å². The summed E-state index contributed by atoms with van der Waals surface area (Å²) in [6, 6.07) is 23.3. The Morgan fingerprint density at radius 3 is 2.45 bits per heavy atom. The van der Waals surface area contributed by atoms with E-state index in [1.807, 2.05) is 50.3 Å². The van der Waals surface area contributed by atoms with E-state index in [9.17, 15) is 24.3 Å². The van der Waals surface area contributed by atoms with Crippen LogP contribution in [0.25, 0.3) is 20.7 Å². The maximum atomic E-state index is 15.0. The fraction of sp³-hybridized carbons (Fsp3) is 0.275. The van der Waals surface area contributed by atoms with Crippen LogP contribution in [0.2, 0.25) is 5.02 Å². The number of phenols is 1. The third-order valence-electron chi connectivity index (χ3n) is 11.7. The number of aromatic hydroxyl groups is 1. The number of halogens is 1. The Balaban J connectivity index is 1.15. The van der Waals surface area contributed by atoms with E-state index in [1.54, 1.807) is 71.6 Å². The third kappa shape index (κ3) is 4.42. The van der Waals surface area contributed by atoms with E-state index in [0.29, 0.717) is 34.2 Å². The minimum absolute atomic E-state index is 0.0383. The lowest BCUT2D eigenvalue weighted by Gasteiger charge is -2.49. The molecule has 2 saturated heterocycles. The van der Waals surface area contributed by atoms with E-state index in [1.165, 1.54) is 9.80 Å². The lowest BCUT2D eigenvalue weighted by atomic mass is 9.51. The zero-order valence-corrected chi connectivity index (χ0v) is 29.6. The average Bonchev–Trinajstić information content (AvgIpc) is 3.78. The smallest absolute Gasteiger partial charge is 0.242 e. The van der Waals surface area contributed by atoms with Gasteiger partial charge in [0.2, 0.25) is 23.6 Å². The van der Waals surface area contributed by atoms with E-state index in [4.69, 9.17) is 16.7 Å². The lowest BCUT2D eigenvalue weighted by molar-refractivity contribution is -0.131. The van der Waals surface area contributed by atoms with Crippen LogP contribution in [0.1, 0.15) is 36.8 Å². The first-order valence-electron chi connectivity index (χ1n) is 17.0. The first-order valence-corrected chi connectivity index (χ1v) is 18.2. The number of imide groups is 2. The van der Waals surface area contributed by atoms with Crippen LogP contribution < -0.4 is 9.80 Å². The Kier molecular flexibility index (Phi) is 7.02. The van der Waals surface area contributed by atoms with Crippen LogP contribution >= 0.6 is 22.9 Å². The summed E-state index contributed by atoms with van der Waals surface area (Å²) in [4.78, 5) is 61.3. The van der Waals surface area contributed by atoms with Gasteiger partial charge in [-0.15, -0.1) is 11.3 Å². The highest BCUT2D eigenvalue weighted by atomic mass is 35.5. The molecular weight excluding hydrogens is 684 g/mol. The van der Waals surface area contributed by atoms with E-state index < -0.39 is 35.0 Å². The van der Waals surface area contributed by atoms with Gasteiger partial charge in [0.15, 0.2) is 0 Å². The fourth-order valence-corrected chi connectivity index (χ4v) is 10.7. The van der Waals surface area contributed by atoms with E-state index in [0.717, 1.165) is 26.1 Å². The Hall–Kier alpha value is -5.06. The quantitative estimate of drug-likeness (QED) is 0.153. The van der Waals surface area contributed by atoms with Crippen molar-refractivity contribution in [3.8, 4) is 16.3 Å². The number of anilines is 2. The second-order valence-corrected chi connectivity index (χ2v) is 15.8. The third-order valence-corrected chi connectivity index (χ3v) is 13.2. The minimum Gasteiger partial charge on any atom is -0.508 e. The first-order chi connectivity index (χ1) is 24.5. The molecule has 6 atom stereocenters. The average molecular weight is 717 g/mol. The molecule has 4 aliphatic rings. The predicted molar refractivity (Wildman–Crippen MR) is 195 cm³/mol. The highest BCUT2D eigenvalue weighted by molar-refractivity contribution is 7.22. The molecule has 2 aromatic heterocycles. The molecule has 1 N–H and O–H groups in total. The molecule has 0 radical (unpaired) electrons. The summed E-state index contributed by atoms with van der Waals surface area (Å²) in [7, 11) is 1.73. The lowest BCUT2D eigenvalue weighted by Crippen LogP contribution is -2.48. The minimum atomic E-state index is -1.24. The Morgan fingerprint density at radius 1 is 0.902 bits per heavy atom. The van der Waals surface area contributed by atoms with Crippen LogP contribution in [-0.4, -0.2) is 38.5 Å². The number of amides is 4. The number of carbonyl (C=O) groups excluding carboxylic acids is 4. The van der Waals surface area contributed by atoms with Crippen LogP contribution in [0.4, 0.5) is 11.5 Å². The topological polar surface area (TPSA) is 113 Å². The zero-order valence-electron chi connectivity index (χ0n) is 28.0. The van der Waals surface area contributed by atoms with E-state index >= 15 is 0 Å². The second kappa shape index (κ2) is 11.2. The Bertz CT molecular complexity index is 2380. The van der Waals surface area contributed by atoms with Gasteiger partial charge in [0, 0.05) is 28.8 Å². The molecule has 5 aromatic rings. The van der Waals surface area contributed by atoms with Gasteiger partial charge < -0.3 is 5.11 Å². The summed E-state index contributed by atoms with van der Waals surface area (Å²) in [5.74, 6) is -3.96. The Labute approximate surface area is 302 Å². The monoisotopic (exact) mass is 716 g/mol. The van der Waals surface area contributed by atoms with Gasteiger partial charge in [-0.25, -0.2) is 4.90 Å². The van der Waals surface area contributed by atoms with Crippen LogP contribution in [-0.2, 0) is 26.2 Å². The maximum Gasteiger partial charge on any atom is 0.242 e.